The fourth-order valence-electron chi connectivity index (χ4n) is 1.73. The lowest BCUT2D eigenvalue weighted by molar-refractivity contribution is 0.251. The molecule has 0 aliphatic carbocycles. The third-order valence-corrected chi connectivity index (χ3v) is 3.42. The average Bonchev–Trinajstić information content (AvgIpc) is 2.98. The number of carbonyl (C=O) groups excluding carboxylic acids is 1. The van der Waals surface area contributed by atoms with Crippen molar-refractivity contribution in [3.8, 4) is 0 Å². The lowest BCUT2D eigenvalue weighted by Crippen LogP contribution is -2.27. The van der Waals surface area contributed by atoms with E-state index in [0.717, 1.165) is 23.6 Å². The molecule has 0 radical (unpaired) electrons. The van der Waals surface area contributed by atoms with Gasteiger partial charge in [0.05, 0.1) is 12.8 Å². The smallest absolute Gasteiger partial charge is 0.319 e. The Kier molecular flexibility index (Phi) is 5.55. The SMILES string of the molecule is CSCCc1ccc(NC(=O)NCc2ccco2)cc1. The van der Waals surface area contributed by atoms with Gasteiger partial charge in [0.15, 0.2) is 0 Å². The molecule has 20 heavy (non-hydrogen) atoms. The van der Waals surface area contributed by atoms with Crippen molar-refractivity contribution in [3.63, 3.8) is 0 Å². The Labute approximate surface area is 122 Å². The summed E-state index contributed by atoms with van der Waals surface area (Å²) in [4.78, 5) is 11.7. The van der Waals surface area contributed by atoms with Crippen molar-refractivity contribution in [3.05, 3.63) is 54.0 Å². The maximum Gasteiger partial charge on any atom is 0.319 e. The van der Waals surface area contributed by atoms with E-state index in [0.29, 0.717) is 6.54 Å². The fourth-order valence-corrected chi connectivity index (χ4v) is 2.17. The van der Waals surface area contributed by atoms with Gasteiger partial charge in [0.2, 0.25) is 0 Å². The summed E-state index contributed by atoms with van der Waals surface area (Å²) >= 11 is 1.83. The Morgan fingerprint density at radius 1 is 1.25 bits per heavy atom. The predicted octanol–water partition coefficient (Wildman–Crippen LogP) is 3.51. The number of amides is 2. The number of hydrogen-bond acceptors (Lipinski definition) is 3. The molecule has 0 aliphatic rings. The van der Waals surface area contributed by atoms with Crippen molar-refractivity contribution in [1.82, 2.24) is 5.32 Å². The van der Waals surface area contributed by atoms with Crippen LogP contribution < -0.4 is 10.6 Å². The van der Waals surface area contributed by atoms with Gasteiger partial charge in [0.25, 0.3) is 0 Å². The van der Waals surface area contributed by atoms with Crippen LogP contribution in [-0.2, 0) is 13.0 Å². The number of rotatable bonds is 6. The molecule has 0 atom stereocenters. The van der Waals surface area contributed by atoms with Crippen LogP contribution in [0.3, 0.4) is 0 Å². The quantitative estimate of drug-likeness (QED) is 0.856. The Morgan fingerprint density at radius 3 is 2.70 bits per heavy atom. The summed E-state index contributed by atoms with van der Waals surface area (Å²) in [6.45, 7) is 0.380. The number of anilines is 1. The molecule has 1 aromatic heterocycles. The van der Waals surface area contributed by atoms with Crippen LogP contribution in [-0.4, -0.2) is 18.0 Å². The minimum Gasteiger partial charge on any atom is -0.467 e. The maximum absolute atomic E-state index is 11.7. The van der Waals surface area contributed by atoms with Crippen molar-refractivity contribution < 1.29 is 9.21 Å². The van der Waals surface area contributed by atoms with Crippen LogP contribution in [0.1, 0.15) is 11.3 Å². The van der Waals surface area contributed by atoms with E-state index >= 15 is 0 Å². The molecule has 5 heteroatoms. The summed E-state index contributed by atoms with van der Waals surface area (Å²) in [5.74, 6) is 1.84. The van der Waals surface area contributed by atoms with E-state index in [1.807, 2.05) is 42.1 Å². The molecule has 4 nitrogen and oxygen atoms in total. The van der Waals surface area contributed by atoms with E-state index in [9.17, 15) is 4.79 Å². The van der Waals surface area contributed by atoms with Crippen LogP contribution in [0.2, 0.25) is 0 Å². The highest BCUT2D eigenvalue weighted by molar-refractivity contribution is 7.98. The molecule has 0 saturated carbocycles. The molecule has 106 valence electrons. The largest absolute Gasteiger partial charge is 0.467 e. The Balaban J connectivity index is 1.78. The summed E-state index contributed by atoms with van der Waals surface area (Å²) in [5, 5.41) is 5.53. The molecule has 2 rings (SSSR count). The first kappa shape index (κ1) is 14.5. The first-order valence-electron chi connectivity index (χ1n) is 6.43. The highest BCUT2D eigenvalue weighted by Gasteiger charge is 2.03. The van der Waals surface area contributed by atoms with Gasteiger partial charge < -0.3 is 15.1 Å². The van der Waals surface area contributed by atoms with E-state index in [-0.39, 0.29) is 6.03 Å². The minimum atomic E-state index is -0.238. The molecule has 2 amide bonds. The number of urea groups is 1. The number of hydrogen-bond donors (Lipinski definition) is 2. The van der Waals surface area contributed by atoms with Crippen molar-refractivity contribution in [2.75, 3.05) is 17.3 Å². The Hall–Kier alpha value is -1.88. The van der Waals surface area contributed by atoms with Gasteiger partial charge in [-0.2, -0.15) is 11.8 Å². The summed E-state index contributed by atoms with van der Waals surface area (Å²) in [5.41, 5.74) is 2.07. The highest BCUT2D eigenvalue weighted by Crippen LogP contribution is 2.11. The van der Waals surface area contributed by atoms with Crippen LogP contribution in [0.4, 0.5) is 10.5 Å². The summed E-state index contributed by atoms with van der Waals surface area (Å²) < 4.78 is 5.14. The van der Waals surface area contributed by atoms with E-state index < -0.39 is 0 Å². The number of carbonyl (C=O) groups is 1. The minimum absolute atomic E-state index is 0.238. The summed E-state index contributed by atoms with van der Waals surface area (Å²) in [6.07, 6.45) is 4.73. The summed E-state index contributed by atoms with van der Waals surface area (Å²) in [6, 6.07) is 11.3. The zero-order chi connectivity index (χ0) is 14.2. The van der Waals surface area contributed by atoms with Crippen molar-refractivity contribution in [1.29, 1.82) is 0 Å². The Morgan fingerprint density at radius 2 is 2.05 bits per heavy atom. The molecule has 2 N–H and O–H groups in total. The van der Waals surface area contributed by atoms with E-state index in [4.69, 9.17) is 4.42 Å². The number of furan rings is 1. The molecule has 0 spiro atoms. The van der Waals surface area contributed by atoms with Crippen LogP contribution in [0.5, 0.6) is 0 Å². The highest BCUT2D eigenvalue weighted by atomic mass is 32.2. The lowest BCUT2D eigenvalue weighted by atomic mass is 10.1. The Bertz CT molecular complexity index is 523. The van der Waals surface area contributed by atoms with Crippen LogP contribution in [0.15, 0.2) is 47.1 Å². The van der Waals surface area contributed by atoms with Crippen molar-refractivity contribution >= 4 is 23.5 Å². The molecule has 0 unspecified atom stereocenters. The second-order valence-electron chi connectivity index (χ2n) is 4.33. The zero-order valence-electron chi connectivity index (χ0n) is 11.4. The van der Waals surface area contributed by atoms with Gasteiger partial charge in [-0.1, -0.05) is 12.1 Å². The second-order valence-corrected chi connectivity index (χ2v) is 5.31. The van der Waals surface area contributed by atoms with Crippen LogP contribution in [0, 0.1) is 0 Å². The second kappa shape index (κ2) is 7.65. The van der Waals surface area contributed by atoms with Gasteiger partial charge in [-0.25, -0.2) is 4.79 Å². The van der Waals surface area contributed by atoms with Crippen LogP contribution in [0.25, 0.3) is 0 Å². The van der Waals surface area contributed by atoms with E-state index in [2.05, 4.69) is 16.9 Å². The van der Waals surface area contributed by atoms with Gasteiger partial charge in [0, 0.05) is 5.69 Å². The first-order chi connectivity index (χ1) is 9.78. The molecule has 0 bridgehead atoms. The van der Waals surface area contributed by atoms with Crippen molar-refractivity contribution in [2.24, 2.45) is 0 Å². The molecule has 0 aliphatic heterocycles. The van der Waals surface area contributed by atoms with Gasteiger partial charge in [-0.3, -0.25) is 0 Å². The molecule has 0 fully saturated rings. The van der Waals surface area contributed by atoms with Gasteiger partial charge >= 0.3 is 6.03 Å². The number of nitrogens with one attached hydrogen (secondary N) is 2. The third kappa shape index (κ3) is 4.66. The van der Waals surface area contributed by atoms with E-state index in [1.165, 1.54) is 5.56 Å². The average molecular weight is 290 g/mol. The normalized spacial score (nSPS) is 10.2. The van der Waals surface area contributed by atoms with Crippen molar-refractivity contribution in [2.45, 2.75) is 13.0 Å². The number of thioether (sulfide) groups is 1. The zero-order valence-corrected chi connectivity index (χ0v) is 12.2. The molecular weight excluding hydrogens is 272 g/mol. The van der Waals surface area contributed by atoms with Gasteiger partial charge in [-0.05, 0) is 48.3 Å². The van der Waals surface area contributed by atoms with E-state index in [1.54, 1.807) is 12.3 Å². The van der Waals surface area contributed by atoms with Gasteiger partial charge in [0.1, 0.15) is 5.76 Å². The van der Waals surface area contributed by atoms with Gasteiger partial charge in [-0.15, -0.1) is 0 Å². The maximum atomic E-state index is 11.7. The first-order valence-corrected chi connectivity index (χ1v) is 7.82. The predicted molar refractivity (Wildman–Crippen MR) is 83.1 cm³/mol. The lowest BCUT2D eigenvalue weighted by Gasteiger charge is -2.07. The third-order valence-electron chi connectivity index (χ3n) is 2.81. The monoisotopic (exact) mass is 290 g/mol. The molecule has 2 aromatic rings. The molecule has 1 heterocycles. The molecular formula is C15H18N2O2S. The van der Waals surface area contributed by atoms with Crippen LogP contribution >= 0.6 is 11.8 Å². The molecule has 0 saturated heterocycles. The standard InChI is InChI=1S/C15H18N2O2S/c1-20-10-8-12-4-6-13(7-5-12)17-15(18)16-11-14-3-2-9-19-14/h2-7,9H,8,10-11H2,1H3,(H2,16,17,18). The molecule has 1 aromatic carbocycles. The topological polar surface area (TPSA) is 54.3 Å². The summed E-state index contributed by atoms with van der Waals surface area (Å²) in [7, 11) is 0. The fraction of sp³-hybridized carbons (Fsp3) is 0.267. The number of aryl methyl sites for hydroxylation is 1. The number of benzene rings is 1.